The third kappa shape index (κ3) is 3.88. The monoisotopic (exact) mass is 366 g/mol. The van der Waals surface area contributed by atoms with Gasteiger partial charge in [-0.05, 0) is 106 Å². The molecule has 4 rings (SSSR count). The van der Waals surface area contributed by atoms with Crippen LogP contribution in [0.15, 0.2) is 0 Å². The summed E-state index contributed by atoms with van der Waals surface area (Å²) >= 11 is 0. The highest BCUT2D eigenvalue weighted by molar-refractivity contribution is 5.06. The predicted molar refractivity (Wildman–Crippen MR) is 111 cm³/mol. The van der Waals surface area contributed by atoms with E-state index in [0.717, 1.165) is 42.4 Å². The van der Waals surface area contributed by atoms with Gasteiger partial charge in [0.1, 0.15) is 0 Å². The molecule has 0 aromatic carbocycles. The van der Waals surface area contributed by atoms with Crippen LogP contribution in [0, 0.1) is 40.9 Å². The number of aliphatic hydroxyl groups excluding tert-OH is 2. The van der Waals surface area contributed by atoms with Gasteiger partial charge in [-0.25, -0.2) is 0 Å². The molecule has 4 saturated carbocycles. The normalized spacial score (nSPS) is 47.8. The van der Waals surface area contributed by atoms with Gasteiger partial charge in [0.2, 0.25) is 0 Å². The number of rotatable bonds is 1. The summed E-state index contributed by atoms with van der Waals surface area (Å²) in [6.07, 6.45) is 11.3. The quantitative estimate of drug-likeness (QED) is 0.593. The standard InChI is InChI=1S/C20H34O2.2C2H6/c1-12(21)18-7-8-19-17-5-3-13-11-14(22)4-6-15(13)16(17)9-10-20(18,19)2;2*1-2/h12-19,21-22H,3-11H2,1-2H3;2*1-2H3. The molecule has 4 aliphatic rings. The minimum atomic E-state index is -0.132. The van der Waals surface area contributed by atoms with Crippen LogP contribution in [0.25, 0.3) is 0 Å². The van der Waals surface area contributed by atoms with Gasteiger partial charge < -0.3 is 10.2 Å². The van der Waals surface area contributed by atoms with Gasteiger partial charge in [0.15, 0.2) is 0 Å². The zero-order chi connectivity index (χ0) is 19.5. The second kappa shape index (κ2) is 9.41. The highest BCUT2D eigenvalue weighted by atomic mass is 16.3. The Hall–Kier alpha value is -0.0800. The Kier molecular flexibility index (Phi) is 8.04. The molecule has 0 amide bonds. The Morgan fingerprint density at radius 1 is 0.808 bits per heavy atom. The van der Waals surface area contributed by atoms with Crippen molar-refractivity contribution in [3.05, 3.63) is 0 Å². The zero-order valence-electron chi connectivity index (χ0n) is 18.4. The van der Waals surface area contributed by atoms with E-state index in [1.54, 1.807) is 0 Å². The summed E-state index contributed by atoms with van der Waals surface area (Å²) in [5, 5.41) is 20.2. The first-order chi connectivity index (χ1) is 12.5. The summed E-state index contributed by atoms with van der Waals surface area (Å²) < 4.78 is 0. The molecule has 0 radical (unpaired) electrons. The third-order valence-electron chi connectivity index (χ3n) is 8.58. The highest BCUT2D eigenvalue weighted by Crippen LogP contribution is 2.64. The van der Waals surface area contributed by atoms with Gasteiger partial charge in [-0.1, -0.05) is 34.6 Å². The van der Waals surface area contributed by atoms with Gasteiger partial charge in [-0.3, -0.25) is 0 Å². The van der Waals surface area contributed by atoms with Crippen molar-refractivity contribution in [3.63, 3.8) is 0 Å². The molecule has 0 aliphatic heterocycles. The Morgan fingerprint density at radius 3 is 2.12 bits per heavy atom. The lowest BCUT2D eigenvalue weighted by atomic mass is 9.49. The fourth-order valence-corrected chi connectivity index (χ4v) is 7.66. The highest BCUT2D eigenvalue weighted by Gasteiger charge is 2.57. The van der Waals surface area contributed by atoms with Crippen LogP contribution in [0.3, 0.4) is 0 Å². The summed E-state index contributed by atoms with van der Waals surface area (Å²) in [4.78, 5) is 0. The predicted octanol–water partition coefficient (Wildman–Crippen LogP) is 6.05. The van der Waals surface area contributed by atoms with Crippen molar-refractivity contribution in [2.45, 2.75) is 112 Å². The van der Waals surface area contributed by atoms with Crippen LogP contribution in [-0.2, 0) is 0 Å². The van der Waals surface area contributed by atoms with Gasteiger partial charge >= 0.3 is 0 Å². The molecule has 2 N–H and O–H groups in total. The molecule has 0 heterocycles. The molecule has 9 unspecified atom stereocenters. The SMILES string of the molecule is CC.CC.CC(O)C1CCC2C3CCC4CC(O)CCC4C3CCC12C. The van der Waals surface area contributed by atoms with Crippen molar-refractivity contribution in [1.29, 1.82) is 0 Å². The second-order valence-corrected chi connectivity index (χ2v) is 9.37. The Morgan fingerprint density at radius 2 is 1.46 bits per heavy atom. The molecule has 2 heteroatoms. The van der Waals surface area contributed by atoms with Crippen molar-refractivity contribution in [3.8, 4) is 0 Å². The van der Waals surface area contributed by atoms with E-state index in [1.165, 1.54) is 44.9 Å². The van der Waals surface area contributed by atoms with E-state index < -0.39 is 0 Å². The lowest BCUT2D eigenvalue weighted by molar-refractivity contribution is -0.0886. The first-order valence-electron chi connectivity index (χ1n) is 11.9. The Labute approximate surface area is 163 Å². The largest absolute Gasteiger partial charge is 0.393 e. The molecule has 0 aromatic heterocycles. The van der Waals surface area contributed by atoms with E-state index in [4.69, 9.17) is 0 Å². The molecular weight excluding hydrogens is 320 g/mol. The number of hydrogen-bond acceptors (Lipinski definition) is 2. The van der Waals surface area contributed by atoms with E-state index in [0.29, 0.717) is 11.3 Å². The molecule has 4 aliphatic carbocycles. The number of fused-ring (bicyclic) bond motifs is 5. The van der Waals surface area contributed by atoms with E-state index in [-0.39, 0.29) is 12.2 Å². The molecule has 0 spiro atoms. The van der Waals surface area contributed by atoms with Gasteiger partial charge in [-0.2, -0.15) is 0 Å². The fraction of sp³-hybridized carbons (Fsp3) is 1.00. The van der Waals surface area contributed by atoms with Crippen LogP contribution in [-0.4, -0.2) is 22.4 Å². The fourth-order valence-electron chi connectivity index (χ4n) is 7.66. The van der Waals surface area contributed by atoms with Crippen LogP contribution in [0.2, 0.25) is 0 Å². The van der Waals surface area contributed by atoms with Crippen LogP contribution >= 0.6 is 0 Å². The Bertz CT molecular complexity index is 420. The summed E-state index contributed by atoms with van der Waals surface area (Å²) in [7, 11) is 0. The van der Waals surface area contributed by atoms with Crippen molar-refractivity contribution in [2.24, 2.45) is 40.9 Å². The molecule has 0 bridgehead atoms. The van der Waals surface area contributed by atoms with Crippen LogP contribution in [0.4, 0.5) is 0 Å². The van der Waals surface area contributed by atoms with Gasteiger partial charge in [0.05, 0.1) is 12.2 Å². The molecule has 0 aromatic rings. The molecular formula is C24H46O2. The first kappa shape index (κ1) is 22.2. The van der Waals surface area contributed by atoms with Gasteiger partial charge in [0, 0.05) is 0 Å². The van der Waals surface area contributed by atoms with Gasteiger partial charge in [-0.15, -0.1) is 0 Å². The lowest BCUT2D eigenvalue weighted by Crippen LogP contribution is -2.49. The second-order valence-electron chi connectivity index (χ2n) is 9.37. The first-order valence-corrected chi connectivity index (χ1v) is 11.9. The summed E-state index contributed by atoms with van der Waals surface area (Å²) in [5.41, 5.74) is 0.399. The molecule has 4 fully saturated rings. The minimum Gasteiger partial charge on any atom is -0.393 e. The average molecular weight is 367 g/mol. The smallest absolute Gasteiger partial charge is 0.0545 e. The summed E-state index contributed by atoms with van der Waals surface area (Å²) in [6, 6.07) is 0. The molecule has 9 atom stereocenters. The Balaban J connectivity index is 0.000000570. The zero-order valence-corrected chi connectivity index (χ0v) is 18.4. The van der Waals surface area contributed by atoms with E-state index in [2.05, 4.69) is 6.92 Å². The van der Waals surface area contributed by atoms with Gasteiger partial charge in [0.25, 0.3) is 0 Å². The number of aliphatic hydroxyl groups is 2. The van der Waals surface area contributed by atoms with Crippen molar-refractivity contribution < 1.29 is 10.2 Å². The van der Waals surface area contributed by atoms with Crippen molar-refractivity contribution >= 4 is 0 Å². The van der Waals surface area contributed by atoms with E-state index >= 15 is 0 Å². The molecule has 26 heavy (non-hydrogen) atoms. The lowest BCUT2D eigenvalue weighted by Gasteiger charge is -2.56. The average Bonchev–Trinajstić information content (AvgIpc) is 3.02. The maximum atomic E-state index is 10.2. The summed E-state index contributed by atoms with van der Waals surface area (Å²) in [6.45, 7) is 12.5. The van der Waals surface area contributed by atoms with Crippen LogP contribution in [0.5, 0.6) is 0 Å². The molecule has 154 valence electrons. The maximum Gasteiger partial charge on any atom is 0.0545 e. The third-order valence-corrected chi connectivity index (χ3v) is 8.58. The van der Waals surface area contributed by atoms with Crippen molar-refractivity contribution in [2.75, 3.05) is 0 Å². The van der Waals surface area contributed by atoms with Crippen LogP contribution < -0.4 is 0 Å². The summed E-state index contributed by atoms with van der Waals surface area (Å²) in [5.74, 6) is 4.94. The van der Waals surface area contributed by atoms with Crippen molar-refractivity contribution in [1.82, 2.24) is 0 Å². The van der Waals surface area contributed by atoms with E-state index in [1.807, 2.05) is 34.6 Å². The molecule has 0 saturated heterocycles. The molecule has 2 nitrogen and oxygen atoms in total. The van der Waals surface area contributed by atoms with E-state index in [9.17, 15) is 10.2 Å². The minimum absolute atomic E-state index is 0.0160. The topological polar surface area (TPSA) is 40.5 Å². The number of hydrogen-bond donors (Lipinski definition) is 2. The van der Waals surface area contributed by atoms with Crippen LogP contribution in [0.1, 0.15) is 99.3 Å². The maximum absolute atomic E-state index is 10.2.